The van der Waals surface area contributed by atoms with Gasteiger partial charge in [0.15, 0.2) is 0 Å². The van der Waals surface area contributed by atoms with Gasteiger partial charge < -0.3 is 9.88 Å². The predicted molar refractivity (Wildman–Crippen MR) is 86.0 cm³/mol. The maximum Gasteiger partial charge on any atom is 0.272 e. The van der Waals surface area contributed by atoms with Crippen LogP contribution >= 0.6 is 0 Å². The van der Waals surface area contributed by atoms with Gasteiger partial charge in [0.25, 0.3) is 5.91 Å². The summed E-state index contributed by atoms with van der Waals surface area (Å²) in [7, 11) is 0. The Hall–Kier alpha value is -2.28. The molecule has 0 spiro atoms. The van der Waals surface area contributed by atoms with Gasteiger partial charge in [-0.15, -0.1) is 0 Å². The van der Waals surface area contributed by atoms with Gasteiger partial charge in [0.1, 0.15) is 17.3 Å². The number of aromatic amines is 1. The van der Waals surface area contributed by atoms with E-state index in [4.69, 9.17) is 0 Å². The number of hydrogen-bond donors (Lipinski definition) is 1. The van der Waals surface area contributed by atoms with Gasteiger partial charge in [-0.3, -0.25) is 9.69 Å². The molecule has 0 radical (unpaired) electrons. The molecule has 3 rings (SSSR count). The highest BCUT2D eigenvalue weighted by Crippen LogP contribution is 2.23. The van der Waals surface area contributed by atoms with Crippen LogP contribution in [0, 0.1) is 13.8 Å². The number of carbonyl (C=O) groups excluding carboxylic acids is 1. The van der Waals surface area contributed by atoms with E-state index in [0.717, 1.165) is 24.6 Å². The second kappa shape index (κ2) is 6.45. The second-order valence-electron chi connectivity index (χ2n) is 5.81. The van der Waals surface area contributed by atoms with E-state index < -0.39 is 0 Å². The molecule has 7 heteroatoms. The number of hydrogen-bond acceptors (Lipinski definition) is 5. The maximum atomic E-state index is 12.8. The molecule has 0 aliphatic carbocycles. The minimum atomic E-state index is -0.0362. The van der Waals surface area contributed by atoms with Gasteiger partial charge >= 0.3 is 0 Å². The largest absolute Gasteiger partial charge is 0.347 e. The van der Waals surface area contributed by atoms with E-state index in [9.17, 15) is 4.79 Å². The van der Waals surface area contributed by atoms with Crippen molar-refractivity contribution in [3.8, 4) is 0 Å². The molecule has 0 bridgehead atoms. The summed E-state index contributed by atoms with van der Waals surface area (Å²) in [6, 6.07) is 1.85. The van der Waals surface area contributed by atoms with Gasteiger partial charge in [-0.05, 0) is 26.5 Å². The van der Waals surface area contributed by atoms with Crippen LogP contribution in [-0.2, 0) is 0 Å². The van der Waals surface area contributed by atoms with E-state index in [0.29, 0.717) is 24.6 Å². The molecule has 1 atom stereocenters. The smallest absolute Gasteiger partial charge is 0.272 e. The van der Waals surface area contributed by atoms with Crippen molar-refractivity contribution in [1.82, 2.24) is 29.7 Å². The van der Waals surface area contributed by atoms with Crippen LogP contribution in [0.3, 0.4) is 0 Å². The number of imidazole rings is 1. The highest BCUT2D eigenvalue weighted by Gasteiger charge is 2.32. The summed E-state index contributed by atoms with van der Waals surface area (Å²) in [6.07, 6.45) is 3.57. The average molecular weight is 314 g/mol. The molecule has 23 heavy (non-hydrogen) atoms. The molecule has 7 nitrogen and oxygen atoms in total. The Labute approximate surface area is 135 Å². The molecule has 1 aliphatic heterocycles. The monoisotopic (exact) mass is 314 g/mol. The number of aryl methyl sites for hydroxylation is 2. The normalized spacial score (nSPS) is 19.1. The van der Waals surface area contributed by atoms with Gasteiger partial charge in [-0.25, -0.2) is 15.0 Å². The van der Waals surface area contributed by atoms with E-state index in [-0.39, 0.29) is 11.9 Å². The fraction of sp³-hybridized carbons (Fsp3) is 0.500. The first-order chi connectivity index (χ1) is 11.1. The van der Waals surface area contributed by atoms with E-state index in [2.05, 4.69) is 31.8 Å². The van der Waals surface area contributed by atoms with Gasteiger partial charge in [0, 0.05) is 37.7 Å². The molecule has 1 aliphatic rings. The Morgan fingerprint density at radius 1 is 1.35 bits per heavy atom. The summed E-state index contributed by atoms with van der Waals surface area (Å²) in [4.78, 5) is 33.1. The average Bonchev–Trinajstić information content (AvgIpc) is 3.07. The summed E-state index contributed by atoms with van der Waals surface area (Å²) in [5.74, 6) is 1.49. The van der Waals surface area contributed by atoms with E-state index in [1.54, 1.807) is 12.3 Å². The van der Waals surface area contributed by atoms with E-state index >= 15 is 0 Å². The van der Waals surface area contributed by atoms with Crippen LogP contribution < -0.4 is 0 Å². The molecular formula is C16H22N6O. The lowest BCUT2D eigenvalue weighted by Crippen LogP contribution is -2.50. The van der Waals surface area contributed by atoms with Gasteiger partial charge in [0.2, 0.25) is 0 Å². The van der Waals surface area contributed by atoms with Crippen LogP contribution in [0.1, 0.15) is 40.8 Å². The van der Waals surface area contributed by atoms with Crippen molar-refractivity contribution in [3.05, 3.63) is 41.5 Å². The van der Waals surface area contributed by atoms with Crippen LogP contribution in [0.25, 0.3) is 0 Å². The lowest BCUT2D eigenvalue weighted by Gasteiger charge is -2.39. The third-order valence-electron chi connectivity index (χ3n) is 4.20. The maximum absolute atomic E-state index is 12.8. The van der Waals surface area contributed by atoms with Crippen molar-refractivity contribution in [2.45, 2.75) is 26.8 Å². The van der Waals surface area contributed by atoms with Crippen LogP contribution in [0.15, 0.2) is 18.5 Å². The number of nitrogens with one attached hydrogen (secondary N) is 1. The number of amides is 1. The molecule has 122 valence electrons. The van der Waals surface area contributed by atoms with Crippen molar-refractivity contribution in [3.63, 3.8) is 0 Å². The Balaban J connectivity index is 1.82. The number of carbonyl (C=O) groups is 1. The Morgan fingerprint density at radius 2 is 2.17 bits per heavy atom. The molecule has 3 heterocycles. The van der Waals surface area contributed by atoms with E-state index in [1.165, 1.54) is 0 Å². The minimum Gasteiger partial charge on any atom is -0.347 e. The second-order valence-corrected chi connectivity index (χ2v) is 5.81. The summed E-state index contributed by atoms with van der Waals surface area (Å²) < 4.78 is 0. The zero-order valence-electron chi connectivity index (χ0n) is 13.8. The molecular weight excluding hydrogens is 292 g/mol. The van der Waals surface area contributed by atoms with Crippen LogP contribution in [-0.4, -0.2) is 61.8 Å². The van der Waals surface area contributed by atoms with E-state index in [1.807, 2.05) is 24.9 Å². The van der Waals surface area contributed by atoms with Crippen molar-refractivity contribution in [2.75, 3.05) is 26.2 Å². The molecule has 2 aromatic heterocycles. The summed E-state index contributed by atoms with van der Waals surface area (Å²) in [6.45, 7) is 8.89. The van der Waals surface area contributed by atoms with Crippen LogP contribution in [0.4, 0.5) is 0 Å². The van der Waals surface area contributed by atoms with Gasteiger partial charge in [0.05, 0.1) is 6.04 Å². The molecule has 1 N–H and O–H groups in total. The third-order valence-corrected chi connectivity index (χ3v) is 4.20. The molecule has 1 unspecified atom stereocenters. The number of likely N-dealkylation sites (N-methyl/N-ethyl adjacent to an activating group) is 1. The zero-order chi connectivity index (χ0) is 16.4. The fourth-order valence-electron chi connectivity index (χ4n) is 3.09. The molecule has 1 fully saturated rings. The Bertz CT molecular complexity index is 664. The summed E-state index contributed by atoms with van der Waals surface area (Å²) >= 11 is 0. The highest BCUT2D eigenvalue weighted by molar-refractivity contribution is 5.92. The lowest BCUT2D eigenvalue weighted by molar-refractivity contribution is 0.0474. The zero-order valence-corrected chi connectivity index (χ0v) is 13.8. The van der Waals surface area contributed by atoms with Crippen molar-refractivity contribution in [1.29, 1.82) is 0 Å². The quantitative estimate of drug-likeness (QED) is 0.925. The Kier molecular flexibility index (Phi) is 4.38. The van der Waals surface area contributed by atoms with Crippen LogP contribution in [0.2, 0.25) is 0 Å². The molecule has 0 saturated carbocycles. The Morgan fingerprint density at radius 3 is 2.83 bits per heavy atom. The highest BCUT2D eigenvalue weighted by atomic mass is 16.2. The predicted octanol–water partition coefficient (Wildman–Crippen LogP) is 1.34. The molecule has 1 saturated heterocycles. The first-order valence-corrected chi connectivity index (χ1v) is 7.93. The number of H-pyrrole nitrogens is 1. The first kappa shape index (κ1) is 15.6. The van der Waals surface area contributed by atoms with Crippen LogP contribution in [0.5, 0.6) is 0 Å². The minimum absolute atomic E-state index is 0.0362. The molecule has 0 aromatic carbocycles. The number of piperazine rings is 1. The van der Waals surface area contributed by atoms with Crippen molar-refractivity contribution in [2.24, 2.45) is 0 Å². The summed E-state index contributed by atoms with van der Waals surface area (Å²) in [5.41, 5.74) is 1.29. The number of aromatic nitrogens is 4. The van der Waals surface area contributed by atoms with Gasteiger partial charge in [-0.1, -0.05) is 6.92 Å². The molecule has 1 amide bonds. The van der Waals surface area contributed by atoms with Crippen molar-refractivity contribution >= 4 is 5.91 Å². The SMILES string of the molecule is CCN1CCN(C(=O)c2cc(C)nc(C)n2)CC1c1ncc[nH]1. The number of rotatable bonds is 3. The fourth-order valence-corrected chi connectivity index (χ4v) is 3.09. The summed E-state index contributed by atoms with van der Waals surface area (Å²) in [5, 5.41) is 0. The first-order valence-electron chi connectivity index (χ1n) is 7.93. The standard InChI is InChI=1S/C16H22N6O/c1-4-21-7-8-22(10-14(21)15-17-5-6-18-15)16(23)13-9-11(2)19-12(3)20-13/h5-6,9,14H,4,7-8,10H2,1-3H3,(H,17,18). The van der Waals surface area contributed by atoms with Gasteiger partial charge in [-0.2, -0.15) is 0 Å². The third kappa shape index (κ3) is 3.24. The lowest BCUT2D eigenvalue weighted by atomic mass is 10.1. The molecule has 2 aromatic rings. The number of nitrogens with zero attached hydrogens (tertiary/aromatic N) is 5. The topological polar surface area (TPSA) is 78.0 Å². The van der Waals surface area contributed by atoms with Crippen molar-refractivity contribution < 1.29 is 4.79 Å².